The highest BCUT2D eigenvalue weighted by molar-refractivity contribution is 6.04. The number of pyridine rings is 1. The van der Waals surface area contributed by atoms with Crippen molar-refractivity contribution in [3.8, 4) is 11.5 Å². The molecule has 0 saturated carbocycles. The summed E-state index contributed by atoms with van der Waals surface area (Å²) < 4.78 is 17.1. The first-order valence-corrected chi connectivity index (χ1v) is 13.0. The zero-order valence-corrected chi connectivity index (χ0v) is 22.2. The van der Waals surface area contributed by atoms with Gasteiger partial charge in [0.2, 0.25) is 0 Å². The maximum Gasteiger partial charge on any atom is 0.259 e. The van der Waals surface area contributed by atoms with Crippen LogP contribution in [0.15, 0.2) is 30.3 Å². The summed E-state index contributed by atoms with van der Waals surface area (Å²) in [7, 11) is 0. The van der Waals surface area contributed by atoms with Gasteiger partial charge < -0.3 is 19.9 Å². The third kappa shape index (κ3) is 4.92. The molecule has 2 aromatic heterocycles. The molecule has 4 heterocycles. The second-order valence-corrected chi connectivity index (χ2v) is 11.2. The normalized spacial score (nSPS) is 16.8. The summed E-state index contributed by atoms with van der Waals surface area (Å²) >= 11 is 0. The van der Waals surface area contributed by atoms with Gasteiger partial charge in [-0.05, 0) is 74.4 Å². The van der Waals surface area contributed by atoms with Crippen LogP contribution < -0.4 is 5.32 Å². The van der Waals surface area contributed by atoms with Crippen molar-refractivity contribution in [2.45, 2.75) is 71.6 Å². The van der Waals surface area contributed by atoms with E-state index in [1.165, 1.54) is 12.1 Å². The van der Waals surface area contributed by atoms with Crippen LogP contribution in [0.2, 0.25) is 0 Å². The number of aryl methyl sites for hydroxylation is 1. The molecule has 1 aromatic carbocycles. The number of carbonyl (C=O) groups is 2. The highest BCUT2D eigenvalue weighted by Gasteiger charge is 2.34. The number of aromatic nitrogens is 4. The Kier molecular flexibility index (Phi) is 6.77. The Morgan fingerprint density at radius 3 is 2.71 bits per heavy atom. The number of fused-ring (bicyclic) bond motifs is 2. The number of carbonyl (C=O) groups excluding carboxylic acids is 2. The molecule has 0 saturated heterocycles. The van der Waals surface area contributed by atoms with Crippen LogP contribution in [-0.4, -0.2) is 54.2 Å². The van der Waals surface area contributed by atoms with E-state index < -0.39 is 17.8 Å². The van der Waals surface area contributed by atoms with Gasteiger partial charge >= 0.3 is 0 Å². The van der Waals surface area contributed by atoms with E-state index in [1.54, 1.807) is 23.1 Å². The van der Waals surface area contributed by atoms with E-state index in [0.29, 0.717) is 36.5 Å². The molecule has 5 rings (SSSR count). The van der Waals surface area contributed by atoms with E-state index >= 15 is 0 Å². The smallest absolute Gasteiger partial charge is 0.259 e. The topological polar surface area (TPSA) is 113 Å². The Morgan fingerprint density at radius 2 is 1.95 bits per heavy atom. The number of benzene rings is 1. The van der Waals surface area contributed by atoms with E-state index in [9.17, 15) is 19.1 Å². The SMILES string of the molecule is CC(C)C[C@H](O)C(=O)N1CCc2cc(F)c(C(=O)Nc3cccc(-c4nnc5n4C(C)(C)CC5)n3)cc2C1. The van der Waals surface area contributed by atoms with Gasteiger partial charge in [0, 0.05) is 25.0 Å². The van der Waals surface area contributed by atoms with Gasteiger partial charge in [-0.2, -0.15) is 0 Å². The van der Waals surface area contributed by atoms with Gasteiger partial charge in [0.25, 0.3) is 11.8 Å². The number of anilines is 1. The summed E-state index contributed by atoms with van der Waals surface area (Å²) in [5.41, 5.74) is 1.75. The van der Waals surface area contributed by atoms with Crippen molar-refractivity contribution in [1.29, 1.82) is 0 Å². The van der Waals surface area contributed by atoms with E-state index in [-0.39, 0.29) is 35.3 Å². The van der Waals surface area contributed by atoms with Crippen LogP contribution in [0.5, 0.6) is 0 Å². The summed E-state index contributed by atoms with van der Waals surface area (Å²) in [5, 5.41) is 21.6. The molecule has 0 unspecified atom stereocenters. The Labute approximate surface area is 221 Å². The second-order valence-electron chi connectivity index (χ2n) is 11.2. The molecular weight excluding hydrogens is 487 g/mol. The summed E-state index contributed by atoms with van der Waals surface area (Å²) in [6.07, 6.45) is 1.55. The fourth-order valence-electron chi connectivity index (χ4n) is 5.32. The Morgan fingerprint density at radius 1 is 1.16 bits per heavy atom. The first-order valence-electron chi connectivity index (χ1n) is 13.0. The minimum Gasteiger partial charge on any atom is -0.383 e. The van der Waals surface area contributed by atoms with Gasteiger partial charge in [0.1, 0.15) is 29.3 Å². The first kappa shape index (κ1) is 26.0. The third-order valence-electron chi connectivity index (χ3n) is 7.35. The van der Waals surface area contributed by atoms with Crippen LogP contribution in [0.1, 0.15) is 67.8 Å². The fourth-order valence-corrected chi connectivity index (χ4v) is 5.32. The largest absolute Gasteiger partial charge is 0.383 e. The molecule has 0 bridgehead atoms. The van der Waals surface area contributed by atoms with Crippen molar-refractivity contribution in [3.05, 3.63) is 58.7 Å². The number of hydrogen-bond donors (Lipinski definition) is 2. The number of nitrogens with one attached hydrogen (secondary N) is 1. The number of aliphatic hydroxyl groups excluding tert-OH is 1. The molecular formula is C28H33FN6O3. The number of rotatable bonds is 6. The highest BCUT2D eigenvalue weighted by atomic mass is 19.1. The number of nitrogens with zero attached hydrogens (tertiary/aromatic N) is 5. The summed E-state index contributed by atoms with van der Waals surface area (Å²) in [5.74, 6) is 0.374. The lowest BCUT2D eigenvalue weighted by Crippen LogP contribution is -2.42. The number of halogens is 1. The summed E-state index contributed by atoms with van der Waals surface area (Å²) in [6, 6.07) is 8.06. The molecule has 2 aliphatic heterocycles. The molecule has 3 aromatic rings. The van der Waals surface area contributed by atoms with E-state index in [2.05, 4.69) is 38.9 Å². The molecule has 0 radical (unpaired) electrons. The maximum absolute atomic E-state index is 15.0. The predicted molar refractivity (Wildman–Crippen MR) is 140 cm³/mol. The second kappa shape index (κ2) is 9.90. The van der Waals surface area contributed by atoms with Crippen molar-refractivity contribution < 1.29 is 19.1 Å². The molecule has 2 amide bonds. The zero-order valence-electron chi connectivity index (χ0n) is 22.2. The number of amides is 2. The molecule has 2 N–H and O–H groups in total. The van der Waals surface area contributed by atoms with Crippen LogP contribution in [0, 0.1) is 11.7 Å². The number of hydrogen-bond acceptors (Lipinski definition) is 6. The third-order valence-corrected chi connectivity index (χ3v) is 7.35. The molecule has 0 spiro atoms. The van der Waals surface area contributed by atoms with Crippen molar-refractivity contribution >= 4 is 17.6 Å². The van der Waals surface area contributed by atoms with Gasteiger partial charge in [-0.15, -0.1) is 10.2 Å². The monoisotopic (exact) mass is 520 g/mol. The van der Waals surface area contributed by atoms with Gasteiger partial charge in [0.05, 0.1) is 5.56 Å². The van der Waals surface area contributed by atoms with Gasteiger partial charge in [-0.3, -0.25) is 9.59 Å². The van der Waals surface area contributed by atoms with Crippen molar-refractivity contribution in [2.75, 3.05) is 11.9 Å². The molecule has 38 heavy (non-hydrogen) atoms. The average molecular weight is 521 g/mol. The van der Waals surface area contributed by atoms with E-state index in [4.69, 9.17) is 0 Å². The first-order chi connectivity index (χ1) is 18.0. The predicted octanol–water partition coefficient (Wildman–Crippen LogP) is 3.70. The minimum atomic E-state index is -1.07. The molecule has 1 atom stereocenters. The standard InChI is InChI=1S/C28H33FN6O3/c1-16(2)12-22(36)27(38)34-11-9-17-14-20(29)19(13-18(17)15-34)26(37)31-23-7-5-6-21(30-23)25-33-32-24-8-10-28(3,4)35(24)25/h5-7,13-14,16,22,36H,8-12,15H2,1-4H3,(H,30,31,37)/t22-/m0/s1. The fraction of sp³-hybridized carbons (Fsp3) is 0.464. The average Bonchev–Trinajstić information content (AvgIpc) is 3.43. The van der Waals surface area contributed by atoms with Crippen molar-refractivity contribution in [1.82, 2.24) is 24.6 Å². The Hall–Kier alpha value is -3.66. The minimum absolute atomic E-state index is 0.127. The molecule has 0 aliphatic carbocycles. The Balaban J connectivity index is 1.35. The number of aliphatic hydroxyl groups is 1. The molecule has 10 heteroatoms. The summed E-state index contributed by atoms with van der Waals surface area (Å²) in [4.78, 5) is 32.0. The maximum atomic E-state index is 15.0. The zero-order chi connectivity index (χ0) is 27.2. The molecule has 2 aliphatic rings. The lowest BCUT2D eigenvalue weighted by Gasteiger charge is -2.31. The lowest BCUT2D eigenvalue weighted by atomic mass is 9.95. The quantitative estimate of drug-likeness (QED) is 0.512. The van der Waals surface area contributed by atoms with Crippen molar-refractivity contribution in [3.63, 3.8) is 0 Å². The van der Waals surface area contributed by atoms with Crippen LogP contribution in [0.3, 0.4) is 0 Å². The highest BCUT2D eigenvalue weighted by Crippen LogP contribution is 2.35. The van der Waals surface area contributed by atoms with Crippen LogP contribution >= 0.6 is 0 Å². The van der Waals surface area contributed by atoms with Gasteiger partial charge in [-0.1, -0.05) is 19.9 Å². The van der Waals surface area contributed by atoms with E-state index in [0.717, 1.165) is 24.2 Å². The molecule has 200 valence electrons. The van der Waals surface area contributed by atoms with Gasteiger partial charge in [0.15, 0.2) is 5.82 Å². The van der Waals surface area contributed by atoms with Crippen LogP contribution in [-0.2, 0) is 29.7 Å². The van der Waals surface area contributed by atoms with E-state index in [1.807, 2.05) is 13.8 Å². The summed E-state index contributed by atoms with van der Waals surface area (Å²) in [6.45, 7) is 8.75. The molecule has 0 fully saturated rings. The van der Waals surface area contributed by atoms with Crippen LogP contribution in [0.4, 0.5) is 10.2 Å². The van der Waals surface area contributed by atoms with Crippen molar-refractivity contribution in [2.24, 2.45) is 5.92 Å². The lowest BCUT2D eigenvalue weighted by molar-refractivity contribution is -0.141. The Bertz CT molecular complexity index is 1400. The molecule has 9 nitrogen and oxygen atoms in total. The van der Waals surface area contributed by atoms with Crippen LogP contribution in [0.25, 0.3) is 11.5 Å². The van der Waals surface area contributed by atoms with Gasteiger partial charge in [-0.25, -0.2) is 9.37 Å².